The third-order valence-corrected chi connectivity index (χ3v) is 4.23. The van der Waals surface area contributed by atoms with Crippen molar-refractivity contribution in [2.45, 2.75) is 13.5 Å². The van der Waals surface area contributed by atoms with E-state index in [4.69, 9.17) is 9.47 Å². The first-order valence-electron chi connectivity index (χ1n) is 8.03. The molecule has 0 saturated heterocycles. The molecule has 2 rings (SSSR count). The molecule has 26 heavy (non-hydrogen) atoms. The summed E-state index contributed by atoms with van der Waals surface area (Å²) in [6.45, 7) is 2.74. The Morgan fingerprint density at radius 3 is 2.62 bits per heavy atom. The summed E-state index contributed by atoms with van der Waals surface area (Å²) in [6.07, 6.45) is 1.52. The van der Waals surface area contributed by atoms with Crippen molar-refractivity contribution in [1.82, 2.24) is 5.32 Å². The highest BCUT2D eigenvalue weighted by Gasteiger charge is 2.13. The van der Waals surface area contributed by atoms with E-state index < -0.39 is 5.91 Å². The molecule has 6 heteroatoms. The molecule has 0 spiro atoms. The Kier molecular flexibility index (Phi) is 7.24. The lowest BCUT2D eigenvalue weighted by molar-refractivity contribution is -0.117. The Labute approximate surface area is 161 Å². The number of carbonyl (C=O) groups excluding carboxylic acids is 1. The first kappa shape index (κ1) is 19.5. The van der Waals surface area contributed by atoms with Crippen LogP contribution in [0.3, 0.4) is 0 Å². The molecule has 0 aromatic heterocycles. The Hall–Kier alpha value is -2.78. The van der Waals surface area contributed by atoms with Crippen LogP contribution in [0.5, 0.6) is 11.5 Å². The molecule has 0 aliphatic carbocycles. The Balaban J connectivity index is 2.22. The summed E-state index contributed by atoms with van der Waals surface area (Å²) in [6, 6.07) is 14.9. The van der Waals surface area contributed by atoms with Gasteiger partial charge in [0.25, 0.3) is 5.91 Å². The number of carbonyl (C=O) groups is 1. The van der Waals surface area contributed by atoms with Gasteiger partial charge in [-0.1, -0.05) is 46.3 Å². The summed E-state index contributed by atoms with van der Waals surface area (Å²) in [5.74, 6) is 0.686. The van der Waals surface area contributed by atoms with Crippen molar-refractivity contribution in [1.29, 1.82) is 5.26 Å². The molecule has 134 valence electrons. The molecule has 0 radical (unpaired) electrons. The van der Waals surface area contributed by atoms with Crippen molar-refractivity contribution >= 4 is 27.9 Å². The van der Waals surface area contributed by atoms with Gasteiger partial charge in [0.1, 0.15) is 11.6 Å². The standard InChI is InChI=1S/C20H19BrN2O3/c1-3-26-19-11-17(21)15(10-18(19)25-2)9-16(12-22)20(24)23-13-14-7-5-4-6-8-14/h4-11H,3,13H2,1-2H3,(H,23,24)/b16-9-. The van der Waals surface area contributed by atoms with Crippen molar-refractivity contribution < 1.29 is 14.3 Å². The predicted molar refractivity (Wildman–Crippen MR) is 104 cm³/mol. The van der Waals surface area contributed by atoms with Crippen LogP contribution in [0.15, 0.2) is 52.5 Å². The van der Waals surface area contributed by atoms with Crippen LogP contribution in [0.4, 0.5) is 0 Å². The van der Waals surface area contributed by atoms with Crippen molar-refractivity contribution in [3.8, 4) is 17.6 Å². The maximum Gasteiger partial charge on any atom is 0.262 e. The SMILES string of the molecule is CCOc1cc(Br)c(/C=C(/C#N)C(=O)NCc2ccccc2)cc1OC. The second kappa shape index (κ2) is 9.64. The molecule has 0 aliphatic heterocycles. The van der Waals surface area contributed by atoms with Crippen molar-refractivity contribution in [3.63, 3.8) is 0 Å². The molecule has 0 saturated carbocycles. The lowest BCUT2D eigenvalue weighted by atomic mass is 10.1. The number of nitrogens with one attached hydrogen (secondary N) is 1. The van der Waals surface area contributed by atoms with Crippen LogP contribution >= 0.6 is 15.9 Å². The first-order valence-corrected chi connectivity index (χ1v) is 8.82. The maximum absolute atomic E-state index is 12.3. The van der Waals surface area contributed by atoms with Gasteiger partial charge >= 0.3 is 0 Å². The van der Waals surface area contributed by atoms with Crippen molar-refractivity contribution in [3.05, 3.63) is 63.6 Å². The normalized spacial score (nSPS) is 10.8. The number of nitriles is 1. The summed E-state index contributed by atoms with van der Waals surface area (Å²) >= 11 is 3.44. The largest absolute Gasteiger partial charge is 0.493 e. The topological polar surface area (TPSA) is 71.3 Å². The van der Waals surface area contributed by atoms with Gasteiger partial charge < -0.3 is 14.8 Å². The van der Waals surface area contributed by atoms with Crippen LogP contribution in [-0.4, -0.2) is 19.6 Å². The quantitative estimate of drug-likeness (QED) is 0.547. The van der Waals surface area contributed by atoms with Crippen LogP contribution < -0.4 is 14.8 Å². The highest BCUT2D eigenvalue weighted by atomic mass is 79.9. The highest BCUT2D eigenvalue weighted by Crippen LogP contribution is 2.34. The van der Waals surface area contributed by atoms with Crippen LogP contribution in [0.1, 0.15) is 18.1 Å². The Morgan fingerprint density at radius 1 is 1.27 bits per heavy atom. The third-order valence-electron chi connectivity index (χ3n) is 3.54. The fraction of sp³-hybridized carbons (Fsp3) is 0.200. The maximum atomic E-state index is 12.3. The smallest absolute Gasteiger partial charge is 0.262 e. The van der Waals surface area contributed by atoms with E-state index in [1.807, 2.05) is 43.3 Å². The summed E-state index contributed by atoms with van der Waals surface area (Å²) in [5, 5.41) is 12.1. The van der Waals surface area contributed by atoms with Gasteiger partial charge in [0, 0.05) is 11.0 Å². The lowest BCUT2D eigenvalue weighted by Gasteiger charge is -2.12. The summed E-state index contributed by atoms with van der Waals surface area (Å²) in [5.41, 5.74) is 1.62. The molecule has 0 aliphatic rings. The molecular weight excluding hydrogens is 396 g/mol. The van der Waals surface area contributed by atoms with Crippen LogP contribution in [0, 0.1) is 11.3 Å². The molecule has 0 bridgehead atoms. The van der Waals surface area contributed by atoms with Gasteiger partial charge in [-0.25, -0.2) is 0 Å². The predicted octanol–water partition coefficient (Wildman–Crippen LogP) is 4.08. The second-order valence-corrected chi connectivity index (χ2v) is 6.15. The fourth-order valence-electron chi connectivity index (χ4n) is 2.27. The molecule has 0 fully saturated rings. The zero-order valence-corrected chi connectivity index (χ0v) is 16.2. The number of rotatable bonds is 7. The van der Waals surface area contributed by atoms with E-state index >= 15 is 0 Å². The van der Waals surface area contributed by atoms with Crippen LogP contribution in [-0.2, 0) is 11.3 Å². The van der Waals surface area contributed by atoms with Gasteiger partial charge in [-0.3, -0.25) is 4.79 Å². The van der Waals surface area contributed by atoms with E-state index in [9.17, 15) is 10.1 Å². The summed E-state index contributed by atoms with van der Waals surface area (Å²) in [4.78, 5) is 12.3. The van der Waals surface area contributed by atoms with E-state index in [-0.39, 0.29) is 5.57 Å². The number of methoxy groups -OCH3 is 1. The minimum absolute atomic E-state index is 0.00726. The van der Waals surface area contributed by atoms with E-state index in [1.165, 1.54) is 13.2 Å². The zero-order valence-electron chi connectivity index (χ0n) is 14.6. The van der Waals surface area contributed by atoms with E-state index in [2.05, 4.69) is 21.2 Å². The third kappa shape index (κ3) is 5.11. The zero-order chi connectivity index (χ0) is 18.9. The van der Waals surface area contributed by atoms with Gasteiger partial charge in [0.2, 0.25) is 0 Å². The number of nitrogens with zero attached hydrogens (tertiary/aromatic N) is 1. The number of halogens is 1. The average molecular weight is 415 g/mol. The number of hydrogen-bond acceptors (Lipinski definition) is 4. The molecule has 2 aromatic carbocycles. The molecule has 5 nitrogen and oxygen atoms in total. The monoisotopic (exact) mass is 414 g/mol. The van der Waals surface area contributed by atoms with Gasteiger partial charge in [-0.15, -0.1) is 0 Å². The van der Waals surface area contributed by atoms with E-state index in [0.717, 1.165) is 5.56 Å². The molecule has 0 unspecified atom stereocenters. The minimum Gasteiger partial charge on any atom is -0.493 e. The van der Waals surface area contributed by atoms with Gasteiger partial charge in [-0.05, 0) is 36.3 Å². The summed E-state index contributed by atoms with van der Waals surface area (Å²) < 4.78 is 11.5. The van der Waals surface area contributed by atoms with Gasteiger partial charge in [-0.2, -0.15) is 5.26 Å². The van der Waals surface area contributed by atoms with Crippen LogP contribution in [0.25, 0.3) is 6.08 Å². The average Bonchev–Trinajstić information content (AvgIpc) is 2.66. The Bertz CT molecular complexity index is 842. The molecule has 0 heterocycles. The number of ether oxygens (including phenoxy) is 2. The number of amides is 1. The van der Waals surface area contributed by atoms with E-state index in [1.54, 1.807) is 12.1 Å². The fourth-order valence-corrected chi connectivity index (χ4v) is 2.70. The van der Waals surface area contributed by atoms with E-state index in [0.29, 0.717) is 34.7 Å². The summed E-state index contributed by atoms with van der Waals surface area (Å²) in [7, 11) is 1.54. The molecule has 0 atom stereocenters. The molecule has 1 N–H and O–H groups in total. The number of hydrogen-bond donors (Lipinski definition) is 1. The van der Waals surface area contributed by atoms with Gasteiger partial charge in [0.05, 0.1) is 13.7 Å². The molecule has 2 aromatic rings. The minimum atomic E-state index is -0.434. The van der Waals surface area contributed by atoms with Crippen molar-refractivity contribution in [2.75, 3.05) is 13.7 Å². The Morgan fingerprint density at radius 2 is 2.00 bits per heavy atom. The van der Waals surface area contributed by atoms with Gasteiger partial charge in [0.15, 0.2) is 11.5 Å². The lowest BCUT2D eigenvalue weighted by Crippen LogP contribution is -2.23. The van der Waals surface area contributed by atoms with Crippen molar-refractivity contribution in [2.24, 2.45) is 0 Å². The van der Waals surface area contributed by atoms with Crippen LogP contribution in [0.2, 0.25) is 0 Å². The number of benzene rings is 2. The first-order chi connectivity index (χ1) is 12.6. The second-order valence-electron chi connectivity index (χ2n) is 5.30. The molecule has 1 amide bonds. The molecular formula is C20H19BrN2O3. The highest BCUT2D eigenvalue weighted by molar-refractivity contribution is 9.10.